The lowest BCUT2D eigenvalue weighted by Gasteiger charge is -2.41. The SMILES string of the molecule is [C-]#[N+]c1ccc(N2C(=O)C3(CCN(C)CC3)N(c3ccc(C(=O)NC)c(F)c3)C2=S)cc1C(F)(F)F.[C-]#[N+]c1ccc(N2C(=O)C3(CCOCC3)N(c3ccc(C(=O)NC)c(F)c3)C2=S)cc1C(F)(F)F.[C-]#[N+]c1ccc(N2C(=O)[C@@]3(CCOC3)N(c3ccc(C(=O)NC)c(F)c3)C2=S)cc1C(F)(F)F. The summed E-state index contributed by atoms with van der Waals surface area (Å²) in [5.41, 5.74) is -9.92. The summed E-state index contributed by atoms with van der Waals surface area (Å²) in [6.07, 6.45) is -13.4. The third-order valence-corrected chi connectivity index (χ3v) is 19.5. The van der Waals surface area contributed by atoms with Crippen molar-refractivity contribution in [3.63, 3.8) is 0 Å². The van der Waals surface area contributed by atoms with Crippen molar-refractivity contribution in [1.29, 1.82) is 0 Å². The molecule has 105 heavy (non-hydrogen) atoms. The van der Waals surface area contributed by atoms with Crippen molar-refractivity contribution in [2.45, 2.75) is 67.2 Å². The van der Waals surface area contributed by atoms with E-state index in [1.165, 1.54) is 90.4 Å². The molecule has 3 N–H and O–H groups in total. The quantitative estimate of drug-likeness (QED) is 0.0703. The number of nitrogens with one attached hydrogen (secondary N) is 3. The van der Waals surface area contributed by atoms with Crippen LogP contribution in [0, 0.1) is 37.2 Å². The Morgan fingerprint density at radius 3 is 0.981 bits per heavy atom. The minimum absolute atomic E-state index is 0.111. The largest absolute Gasteiger partial charge is 0.407 e. The Hall–Kier alpha value is -10.7. The molecule has 6 saturated heterocycles. The number of carbonyl (C=O) groups is 6. The number of anilines is 6. The predicted molar refractivity (Wildman–Crippen MR) is 371 cm³/mol. The average Bonchev–Trinajstić information content (AvgIpc) is 1.60. The van der Waals surface area contributed by atoms with Crippen LogP contribution < -0.4 is 45.3 Å². The molecule has 6 heterocycles. The third kappa shape index (κ3) is 13.9. The first-order valence-electron chi connectivity index (χ1n) is 31.3. The van der Waals surface area contributed by atoms with Crippen molar-refractivity contribution in [3.05, 3.63) is 194 Å². The Kier molecular flexibility index (Phi) is 21.6. The number of alkyl halides is 9. The highest BCUT2D eigenvalue weighted by atomic mass is 32.1. The molecule has 3 spiro atoms. The number of nitrogens with zero attached hydrogens (tertiary/aromatic N) is 10. The van der Waals surface area contributed by atoms with E-state index in [-0.39, 0.29) is 112 Å². The molecule has 6 amide bonds. The van der Waals surface area contributed by atoms with Crippen LogP contribution in [-0.2, 0) is 42.4 Å². The van der Waals surface area contributed by atoms with Crippen molar-refractivity contribution < 1.29 is 90.9 Å². The smallest absolute Gasteiger partial charge is 0.381 e. The van der Waals surface area contributed by atoms with Crippen LogP contribution in [0.5, 0.6) is 0 Å². The van der Waals surface area contributed by atoms with Gasteiger partial charge in [-0.3, -0.25) is 43.5 Å². The van der Waals surface area contributed by atoms with Crippen LogP contribution in [0.1, 0.15) is 79.9 Å². The van der Waals surface area contributed by atoms with Gasteiger partial charge in [0.25, 0.3) is 35.4 Å². The van der Waals surface area contributed by atoms with Crippen molar-refractivity contribution in [2.24, 2.45) is 0 Å². The number of thiocarbonyl (C=S) groups is 3. The van der Waals surface area contributed by atoms with Crippen molar-refractivity contribution in [3.8, 4) is 0 Å². The van der Waals surface area contributed by atoms with E-state index < -0.39 is 122 Å². The number of likely N-dealkylation sites (tertiary alicyclic amines) is 1. The van der Waals surface area contributed by atoms with E-state index in [0.717, 1.165) is 57.2 Å². The fourth-order valence-electron chi connectivity index (χ4n) is 13.1. The number of hydrogen-bond acceptors (Lipinski definition) is 12. The van der Waals surface area contributed by atoms with Gasteiger partial charge in [-0.15, -0.1) is 0 Å². The molecule has 1 atom stereocenters. The molecule has 6 aliphatic heterocycles. The summed E-state index contributed by atoms with van der Waals surface area (Å²) >= 11 is 16.7. The summed E-state index contributed by atoms with van der Waals surface area (Å²) in [7, 11) is 5.95. The highest BCUT2D eigenvalue weighted by Gasteiger charge is 2.61. The molecule has 0 saturated carbocycles. The summed E-state index contributed by atoms with van der Waals surface area (Å²) in [6.45, 7) is 22.5. The van der Waals surface area contributed by atoms with Crippen LogP contribution in [0.4, 0.5) is 104 Å². The molecule has 6 aromatic rings. The highest BCUT2D eigenvalue weighted by molar-refractivity contribution is 7.81. The first-order valence-corrected chi connectivity index (χ1v) is 32.5. The Bertz CT molecular complexity index is 4750. The zero-order valence-corrected chi connectivity index (χ0v) is 57.6. The van der Waals surface area contributed by atoms with Gasteiger partial charge in [-0.2, -0.15) is 39.5 Å². The van der Waals surface area contributed by atoms with E-state index in [9.17, 15) is 81.5 Å². The molecule has 6 fully saturated rings. The van der Waals surface area contributed by atoms with Gasteiger partial charge in [-0.25, -0.2) is 27.7 Å². The second kappa shape index (κ2) is 29.5. The maximum Gasteiger partial charge on any atom is 0.407 e. The molecule has 0 unspecified atom stereocenters. The Balaban J connectivity index is 0.000000169. The molecular weight excluding hydrogens is 1460 g/mol. The van der Waals surface area contributed by atoms with Gasteiger partial charge in [0.15, 0.2) is 37.9 Å². The van der Waals surface area contributed by atoms with E-state index in [4.69, 9.17) is 65.8 Å². The van der Waals surface area contributed by atoms with Crippen LogP contribution in [-0.4, -0.2) is 140 Å². The van der Waals surface area contributed by atoms with Gasteiger partial charge >= 0.3 is 18.5 Å². The number of carbonyl (C=O) groups excluding carboxylic acids is 6. The summed E-state index contributed by atoms with van der Waals surface area (Å²) in [5.74, 6) is -6.20. The third-order valence-electron chi connectivity index (χ3n) is 18.4. The van der Waals surface area contributed by atoms with E-state index in [1.807, 2.05) is 11.9 Å². The van der Waals surface area contributed by atoms with Gasteiger partial charge in [-0.05, 0) is 148 Å². The zero-order valence-electron chi connectivity index (χ0n) is 55.2. The number of halogens is 12. The molecule has 12 rings (SSSR count). The summed E-state index contributed by atoms with van der Waals surface area (Å²) in [4.78, 5) is 94.8. The molecule has 0 radical (unpaired) electrons. The number of piperidine rings is 1. The molecule has 6 aliphatic rings. The molecular formula is C69H55F12N13O8S3. The topological polar surface area (TPSA) is 193 Å². The van der Waals surface area contributed by atoms with Gasteiger partial charge in [0.2, 0.25) is 0 Å². The lowest BCUT2D eigenvalue weighted by Crippen LogP contribution is -2.56. The normalized spacial score (nSPS) is 18.6. The lowest BCUT2D eigenvalue weighted by molar-refractivity contribution is -0.137. The van der Waals surface area contributed by atoms with Crippen molar-refractivity contribution in [2.75, 3.05) is 97.1 Å². The molecule has 546 valence electrons. The fourth-order valence-corrected chi connectivity index (χ4v) is 14.5. The maximum absolute atomic E-state index is 14.9. The van der Waals surface area contributed by atoms with E-state index >= 15 is 0 Å². The zero-order chi connectivity index (χ0) is 76.8. The molecule has 0 aromatic heterocycles. The average molecular weight is 1520 g/mol. The van der Waals surface area contributed by atoms with E-state index in [0.29, 0.717) is 38.1 Å². The number of rotatable bonds is 9. The molecule has 36 heteroatoms. The standard InChI is InChI=1S/C24H21F4N5O2S.C23H18F4N4O3S.C22H16F4N4O3S/c1-29-19-7-5-14(12-17(19)24(26,27)28)32-21(35)23(8-10-31(3)11-9-23)33(22(32)36)15-4-6-16(18(25)13-15)20(34)30-2;1-28-18-6-4-13(11-16(18)23(25,26)27)30-20(33)22(7-9-34-10-8-22)31(21(30)35)14-3-5-15(17(24)12-14)19(32)29-2;1-27-17-6-4-12(9-15(17)22(24,25)26)29-19(32)21(7-8-33-11-21)30(20(29)34)13-3-5-14(16(23)10-13)18(31)28-2/h4-7,12-13H,8-11H2,2-3H3,(H,30,34);3-6,11-12H,7-10H2,2H3,(H,29,32);3-6,9-10H,7-8,11H2,2H3,(H,28,31)/t;;21-/m..0/s1. The van der Waals surface area contributed by atoms with Crippen molar-refractivity contribution in [1.82, 2.24) is 20.9 Å². The molecule has 0 aliphatic carbocycles. The van der Waals surface area contributed by atoms with E-state index in [1.54, 1.807) is 0 Å². The van der Waals surface area contributed by atoms with Crippen LogP contribution in [0.3, 0.4) is 0 Å². The second-order valence-electron chi connectivity index (χ2n) is 24.3. The number of amides is 6. The van der Waals surface area contributed by atoms with Gasteiger partial charge in [0, 0.05) is 107 Å². The number of hydrogen-bond donors (Lipinski definition) is 3. The Labute approximate surface area is 606 Å². The highest BCUT2D eigenvalue weighted by Crippen LogP contribution is 2.50. The minimum Gasteiger partial charge on any atom is -0.381 e. The predicted octanol–water partition coefficient (Wildman–Crippen LogP) is 12.9. The molecule has 21 nitrogen and oxygen atoms in total. The molecule has 0 bridgehead atoms. The van der Waals surface area contributed by atoms with E-state index in [2.05, 4.69) is 30.5 Å². The fraction of sp³-hybridized carbons (Fsp3) is 0.304. The summed E-state index contributed by atoms with van der Waals surface area (Å²) < 4.78 is 177. The first kappa shape index (κ1) is 76.9. The van der Waals surface area contributed by atoms with Crippen LogP contribution >= 0.6 is 36.7 Å². The maximum atomic E-state index is 14.9. The van der Waals surface area contributed by atoms with Crippen LogP contribution in [0.2, 0.25) is 0 Å². The van der Waals surface area contributed by atoms with Gasteiger partial charge < -0.3 is 45.0 Å². The first-order chi connectivity index (χ1) is 49.5. The summed E-state index contributed by atoms with van der Waals surface area (Å²) in [5, 5.41) is 6.56. The second-order valence-corrected chi connectivity index (χ2v) is 25.3. The Morgan fingerprint density at radius 2 is 0.705 bits per heavy atom. The number of ether oxygens (including phenoxy) is 2. The number of benzene rings is 6. The Morgan fingerprint density at radius 1 is 0.429 bits per heavy atom. The minimum atomic E-state index is -4.83. The lowest BCUT2D eigenvalue weighted by atomic mass is 9.85. The summed E-state index contributed by atoms with van der Waals surface area (Å²) in [6, 6.07) is 20.0. The van der Waals surface area contributed by atoms with Gasteiger partial charge in [0.1, 0.15) is 28.5 Å². The monoisotopic (exact) mass is 1520 g/mol. The van der Waals surface area contributed by atoms with Crippen LogP contribution in [0.15, 0.2) is 109 Å². The van der Waals surface area contributed by atoms with Crippen LogP contribution in [0.25, 0.3) is 14.5 Å². The van der Waals surface area contributed by atoms with Gasteiger partial charge in [-0.1, -0.05) is 18.2 Å². The van der Waals surface area contributed by atoms with Gasteiger partial charge in [0.05, 0.1) is 59.7 Å². The molecule has 6 aromatic carbocycles. The van der Waals surface area contributed by atoms with Crippen molar-refractivity contribution >= 4 is 139 Å².